The molecule has 0 radical (unpaired) electrons. The van der Waals surface area contributed by atoms with Crippen molar-refractivity contribution in [1.82, 2.24) is 44.5 Å². The molecule has 0 aliphatic carbocycles. The lowest BCUT2D eigenvalue weighted by Crippen LogP contribution is -2.34. The summed E-state index contributed by atoms with van der Waals surface area (Å²) in [6.45, 7) is -6.06. The molecule has 0 bridgehead atoms. The molecule has 6 rings (SSSR count). The summed E-state index contributed by atoms with van der Waals surface area (Å²) >= 11 is 7.84. The van der Waals surface area contributed by atoms with Gasteiger partial charge in [-0.3, -0.25) is 28.3 Å². The SMILES string of the molecule is Nc1nc2c(nnn2[C@@H]2O[C@H](CO)[C@@H](F)[C@H]2P(=O)(S)OC[C@H]2O[C@@H](n3cnc4c(=O)[nH]cnc43)[C@@H](F)[C@@H]2O[PH](=O)S)c(=O)[nH]1. The Balaban J connectivity index is 1.29. The van der Waals surface area contributed by atoms with Crippen molar-refractivity contribution in [1.29, 1.82) is 0 Å². The molecule has 4 aromatic rings. The molecule has 2 aliphatic heterocycles. The standard InChI is InChI=1S/C19H22F2N10O9P2S2/c20-7-5(1-32)38-18(31-14-10(28-29-31)16(34)27-19(22)26-14)12(7)42(36,44)37-2-6-11(40-41(35)43)8(21)17(39-6)30-4-25-9-13(30)23-3-24-15(9)33/h3-8,11-12,17-18,32,41H,1-2H2,(H,35,43)(H,36,44)(H,23,24,33)(H3,22,26,27,34)/t5-,6-,7-,8+,11-,12-,17-,18-,42?/m1/s1. The van der Waals surface area contributed by atoms with Gasteiger partial charge in [0, 0.05) is 0 Å². The minimum atomic E-state index is -4.48. The first-order chi connectivity index (χ1) is 20.9. The minimum absolute atomic E-state index is 0.0329. The molecular formula is C19H22F2N10O9P2S2. The van der Waals surface area contributed by atoms with Crippen molar-refractivity contribution in [2.75, 3.05) is 18.9 Å². The molecule has 2 unspecified atom stereocenters. The zero-order chi connectivity index (χ0) is 31.5. The quantitative estimate of drug-likeness (QED) is 0.0986. The van der Waals surface area contributed by atoms with Crippen molar-refractivity contribution in [3.05, 3.63) is 33.4 Å². The molecule has 6 heterocycles. The molecule has 0 spiro atoms. The van der Waals surface area contributed by atoms with Gasteiger partial charge in [-0.05, 0) is 0 Å². The topological polar surface area (TPSA) is 257 Å². The zero-order valence-corrected chi connectivity index (χ0v) is 25.4. The van der Waals surface area contributed by atoms with Crippen LogP contribution in [-0.2, 0) is 27.7 Å². The van der Waals surface area contributed by atoms with E-state index in [0.717, 1.165) is 21.9 Å². The van der Waals surface area contributed by atoms with E-state index < -0.39 is 86.9 Å². The highest BCUT2D eigenvalue weighted by molar-refractivity contribution is 8.46. The Morgan fingerprint density at radius 3 is 2.61 bits per heavy atom. The number of hydrogen-bond donors (Lipinski definition) is 6. The van der Waals surface area contributed by atoms with Crippen molar-refractivity contribution in [3.63, 3.8) is 0 Å². The molecule has 2 aliphatic rings. The van der Waals surface area contributed by atoms with Crippen LogP contribution in [0, 0.1) is 0 Å². The number of nitrogens with two attached hydrogens (primary N) is 1. The predicted octanol–water partition coefficient (Wildman–Crippen LogP) is -0.0939. The number of thiol groups is 2. The maximum atomic E-state index is 15.7. The number of nitrogens with one attached hydrogen (secondary N) is 2. The summed E-state index contributed by atoms with van der Waals surface area (Å²) in [7, 11) is -3.06. The second-order valence-corrected chi connectivity index (χ2v) is 15.1. The number of ether oxygens (including phenoxy) is 2. The van der Waals surface area contributed by atoms with E-state index in [1.165, 1.54) is 0 Å². The Morgan fingerprint density at radius 2 is 1.89 bits per heavy atom. The number of rotatable bonds is 9. The lowest BCUT2D eigenvalue weighted by Gasteiger charge is -2.26. The summed E-state index contributed by atoms with van der Waals surface area (Å²) in [4.78, 5) is 40.7. The normalized spacial score (nSPS) is 31.1. The maximum Gasteiger partial charge on any atom is 0.282 e. The van der Waals surface area contributed by atoms with E-state index in [9.17, 15) is 23.8 Å². The number of imidazole rings is 1. The van der Waals surface area contributed by atoms with Crippen LogP contribution >= 0.6 is 38.3 Å². The molecule has 44 heavy (non-hydrogen) atoms. The number of aliphatic hydroxyl groups excluding tert-OH is 1. The number of nitrogen functional groups attached to an aromatic ring is 1. The van der Waals surface area contributed by atoms with Gasteiger partial charge in [0.15, 0.2) is 41.0 Å². The molecule has 4 aromatic heterocycles. The maximum absolute atomic E-state index is 15.7. The molecule has 2 fully saturated rings. The van der Waals surface area contributed by atoms with E-state index in [1.807, 2.05) is 0 Å². The number of fused-ring (bicyclic) bond motifs is 2. The fourth-order valence-electron chi connectivity index (χ4n) is 5.05. The van der Waals surface area contributed by atoms with Gasteiger partial charge in [0.05, 0.1) is 25.9 Å². The highest BCUT2D eigenvalue weighted by Gasteiger charge is 2.56. The van der Waals surface area contributed by atoms with E-state index in [4.69, 9.17) is 24.3 Å². The van der Waals surface area contributed by atoms with E-state index >= 15 is 8.78 Å². The third-order valence-electron chi connectivity index (χ3n) is 7.01. The van der Waals surface area contributed by atoms with Crippen LogP contribution in [0.3, 0.4) is 0 Å². The van der Waals surface area contributed by atoms with Gasteiger partial charge in [-0.25, -0.2) is 18.7 Å². The molecule has 25 heteroatoms. The molecular weight excluding hydrogens is 676 g/mol. The third-order valence-corrected chi connectivity index (χ3v) is 10.8. The Kier molecular flexibility index (Phi) is 8.43. The predicted molar refractivity (Wildman–Crippen MR) is 152 cm³/mol. The second kappa shape index (κ2) is 11.9. The second-order valence-electron chi connectivity index (χ2n) is 9.61. The number of nitrogens with zero attached hydrogens (tertiary/aromatic N) is 7. The van der Waals surface area contributed by atoms with Gasteiger partial charge >= 0.3 is 0 Å². The van der Waals surface area contributed by atoms with Gasteiger partial charge in [0.25, 0.3) is 17.7 Å². The lowest BCUT2D eigenvalue weighted by molar-refractivity contribution is -0.0406. The minimum Gasteiger partial charge on any atom is -0.394 e. The first-order valence-electron chi connectivity index (χ1n) is 12.5. The fraction of sp³-hybridized carbons (Fsp3) is 0.526. The molecule has 0 aromatic carbocycles. The van der Waals surface area contributed by atoms with Crippen LogP contribution in [0.5, 0.6) is 0 Å². The first-order valence-corrected chi connectivity index (χ1v) is 17.9. The van der Waals surface area contributed by atoms with Gasteiger partial charge < -0.3 is 34.3 Å². The summed E-state index contributed by atoms with van der Waals surface area (Å²) in [5.41, 5.74) is 1.82. The van der Waals surface area contributed by atoms with Crippen molar-refractivity contribution in [2.45, 2.75) is 48.8 Å². The van der Waals surface area contributed by atoms with Crippen LogP contribution in [0.4, 0.5) is 14.7 Å². The summed E-state index contributed by atoms with van der Waals surface area (Å²) < 4.78 is 81.1. The van der Waals surface area contributed by atoms with Crippen molar-refractivity contribution < 1.29 is 41.5 Å². The molecule has 10 atom stereocenters. The number of alkyl halides is 2. The summed E-state index contributed by atoms with van der Waals surface area (Å²) in [6, 6.07) is 0. The van der Waals surface area contributed by atoms with Gasteiger partial charge in [0.2, 0.25) is 13.2 Å². The summed E-state index contributed by atoms with van der Waals surface area (Å²) in [5, 5.41) is 17.2. The molecule has 0 amide bonds. The van der Waals surface area contributed by atoms with Gasteiger partial charge in [0.1, 0.15) is 30.1 Å². The van der Waals surface area contributed by atoms with Crippen molar-refractivity contribution >= 4 is 66.6 Å². The monoisotopic (exact) mass is 698 g/mol. The van der Waals surface area contributed by atoms with Gasteiger partial charge in [-0.2, -0.15) is 9.67 Å². The van der Waals surface area contributed by atoms with Crippen LogP contribution in [0.1, 0.15) is 12.5 Å². The number of H-pyrrole nitrogens is 2. The van der Waals surface area contributed by atoms with E-state index in [0.29, 0.717) is 0 Å². The zero-order valence-electron chi connectivity index (χ0n) is 21.7. The molecule has 19 nitrogen and oxygen atoms in total. The Hall–Kier alpha value is -2.75. The Labute approximate surface area is 253 Å². The lowest BCUT2D eigenvalue weighted by atomic mass is 10.1. The Bertz CT molecular complexity index is 1910. The molecule has 5 N–H and O–H groups in total. The number of aliphatic hydroxyl groups is 1. The summed E-state index contributed by atoms with van der Waals surface area (Å²) in [6.07, 6.45) is -9.69. The van der Waals surface area contributed by atoms with Crippen LogP contribution in [0.25, 0.3) is 22.3 Å². The number of halogens is 2. The number of hydrogen-bond acceptors (Lipinski definition) is 15. The van der Waals surface area contributed by atoms with E-state index in [2.05, 4.69) is 59.7 Å². The molecule has 2 saturated heterocycles. The van der Waals surface area contributed by atoms with Crippen molar-refractivity contribution in [2.24, 2.45) is 0 Å². The average Bonchev–Trinajstić information content (AvgIpc) is 3.72. The van der Waals surface area contributed by atoms with E-state index in [-0.39, 0.29) is 28.3 Å². The van der Waals surface area contributed by atoms with E-state index in [1.54, 1.807) is 0 Å². The molecule has 238 valence electrons. The highest BCUT2D eigenvalue weighted by Crippen LogP contribution is 2.64. The highest BCUT2D eigenvalue weighted by atomic mass is 32.7. The van der Waals surface area contributed by atoms with Crippen molar-refractivity contribution in [3.8, 4) is 0 Å². The van der Waals surface area contributed by atoms with Gasteiger partial charge in [-0.15, -0.1) is 5.10 Å². The van der Waals surface area contributed by atoms with Crippen LogP contribution in [0.2, 0.25) is 0 Å². The number of aromatic amines is 2. The number of aromatic nitrogens is 9. The van der Waals surface area contributed by atoms with Crippen LogP contribution < -0.4 is 16.9 Å². The number of anilines is 1. The van der Waals surface area contributed by atoms with Gasteiger partial charge in [-0.1, -0.05) is 29.7 Å². The fourth-order valence-corrected chi connectivity index (χ4v) is 8.46. The average molecular weight is 699 g/mol. The summed E-state index contributed by atoms with van der Waals surface area (Å²) in [5.74, 6) is -0.324. The smallest absolute Gasteiger partial charge is 0.282 e. The third kappa shape index (κ3) is 5.39. The van der Waals surface area contributed by atoms with Crippen LogP contribution in [-0.4, -0.2) is 99.1 Å². The van der Waals surface area contributed by atoms with Crippen LogP contribution in [0.15, 0.2) is 22.2 Å². The Morgan fingerprint density at radius 1 is 1.14 bits per heavy atom. The first kappa shape index (κ1) is 31.2. The largest absolute Gasteiger partial charge is 0.394 e. The molecule has 0 saturated carbocycles.